The predicted octanol–water partition coefficient (Wildman–Crippen LogP) is 3.54. The number of aliphatic hydroxyl groups is 1. The first-order valence-corrected chi connectivity index (χ1v) is 9.16. The van der Waals surface area contributed by atoms with Crippen LogP contribution in [0.4, 0.5) is 0 Å². The molecule has 4 aliphatic rings. The lowest BCUT2D eigenvalue weighted by Gasteiger charge is -2.60. The van der Waals surface area contributed by atoms with Crippen LogP contribution in [0.15, 0.2) is 0 Å². The summed E-state index contributed by atoms with van der Waals surface area (Å²) in [5.41, 5.74) is -0.241. The van der Waals surface area contributed by atoms with E-state index in [1.54, 1.807) is 0 Å². The number of hydrogen-bond donors (Lipinski definition) is 1. The van der Waals surface area contributed by atoms with Crippen LogP contribution in [-0.2, 0) is 9.53 Å². The van der Waals surface area contributed by atoms with Gasteiger partial charge in [0.2, 0.25) is 0 Å². The second-order valence-electron chi connectivity index (χ2n) is 9.29. The van der Waals surface area contributed by atoms with E-state index in [9.17, 15) is 9.90 Å². The zero-order valence-electron chi connectivity index (χ0n) is 14.2. The summed E-state index contributed by atoms with van der Waals surface area (Å²) in [4.78, 5) is 11.7. The van der Waals surface area contributed by atoms with Crippen molar-refractivity contribution in [2.75, 3.05) is 6.61 Å². The fraction of sp³-hybridized carbons (Fsp3) is 0.947. The molecule has 3 aliphatic carbocycles. The van der Waals surface area contributed by atoms with Gasteiger partial charge in [-0.25, -0.2) is 0 Å². The van der Waals surface area contributed by atoms with Gasteiger partial charge in [-0.15, -0.1) is 0 Å². The third-order valence-electron chi connectivity index (χ3n) is 8.58. The molecule has 1 heterocycles. The van der Waals surface area contributed by atoms with Gasteiger partial charge >= 0.3 is 5.97 Å². The Morgan fingerprint density at radius 3 is 2.55 bits per heavy atom. The molecule has 0 amide bonds. The van der Waals surface area contributed by atoms with Crippen LogP contribution in [-0.4, -0.2) is 23.3 Å². The number of cyclic esters (lactones) is 1. The Morgan fingerprint density at radius 2 is 1.77 bits per heavy atom. The first kappa shape index (κ1) is 15.0. The van der Waals surface area contributed by atoms with Crippen molar-refractivity contribution >= 4 is 5.97 Å². The Balaban J connectivity index is 1.65. The van der Waals surface area contributed by atoms with E-state index in [1.165, 1.54) is 25.7 Å². The lowest BCUT2D eigenvalue weighted by molar-refractivity contribution is -0.186. The predicted molar refractivity (Wildman–Crippen MR) is 84.1 cm³/mol. The van der Waals surface area contributed by atoms with Gasteiger partial charge in [-0.2, -0.15) is 0 Å². The number of ether oxygens (including phenoxy) is 1. The van der Waals surface area contributed by atoms with Gasteiger partial charge in [0.25, 0.3) is 0 Å². The van der Waals surface area contributed by atoms with Crippen molar-refractivity contribution in [2.24, 2.45) is 34.5 Å². The van der Waals surface area contributed by atoms with Gasteiger partial charge < -0.3 is 9.84 Å². The van der Waals surface area contributed by atoms with Crippen molar-refractivity contribution < 1.29 is 14.6 Å². The molecule has 3 saturated carbocycles. The van der Waals surface area contributed by atoms with Crippen LogP contribution in [0.2, 0.25) is 0 Å². The molecule has 7 atom stereocenters. The molecule has 0 radical (unpaired) electrons. The van der Waals surface area contributed by atoms with Crippen LogP contribution < -0.4 is 0 Å². The van der Waals surface area contributed by atoms with Crippen LogP contribution in [0.1, 0.15) is 65.7 Å². The Labute approximate surface area is 133 Å². The number of esters is 1. The van der Waals surface area contributed by atoms with E-state index in [0.717, 1.165) is 12.8 Å². The van der Waals surface area contributed by atoms with Crippen LogP contribution >= 0.6 is 0 Å². The first-order chi connectivity index (χ1) is 10.3. The minimum atomic E-state index is -0.501. The highest BCUT2D eigenvalue weighted by molar-refractivity contribution is 5.70. The minimum absolute atomic E-state index is 0.00497. The first-order valence-electron chi connectivity index (χ1n) is 9.16. The summed E-state index contributed by atoms with van der Waals surface area (Å²) >= 11 is 0. The molecule has 124 valence electrons. The highest BCUT2D eigenvalue weighted by Crippen LogP contribution is 2.67. The molecule has 4 fully saturated rings. The van der Waals surface area contributed by atoms with E-state index >= 15 is 0 Å². The zero-order valence-corrected chi connectivity index (χ0v) is 14.2. The van der Waals surface area contributed by atoms with Gasteiger partial charge in [0.1, 0.15) is 0 Å². The van der Waals surface area contributed by atoms with E-state index < -0.39 is 5.60 Å². The highest BCUT2D eigenvalue weighted by Gasteiger charge is 2.63. The summed E-state index contributed by atoms with van der Waals surface area (Å²) < 4.78 is 5.49. The number of carbonyl (C=O) groups excluding carboxylic acids is 1. The quantitative estimate of drug-likeness (QED) is 0.696. The molecule has 0 spiro atoms. The maximum Gasteiger partial charge on any atom is 0.306 e. The molecule has 3 heteroatoms. The molecular formula is C19H30O3. The minimum Gasteiger partial charge on any atom is -0.465 e. The second-order valence-corrected chi connectivity index (χ2v) is 9.29. The summed E-state index contributed by atoms with van der Waals surface area (Å²) in [5, 5.41) is 10.9. The maximum atomic E-state index is 11.7. The zero-order chi connectivity index (χ0) is 15.8. The van der Waals surface area contributed by atoms with Gasteiger partial charge in [0.15, 0.2) is 0 Å². The molecular weight excluding hydrogens is 276 g/mol. The second kappa shape index (κ2) is 4.49. The van der Waals surface area contributed by atoms with E-state index in [0.29, 0.717) is 36.7 Å². The van der Waals surface area contributed by atoms with Crippen LogP contribution in [0.3, 0.4) is 0 Å². The Morgan fingerprint density at radius 1 is 1.05 bits per heavy atom. The molecule has 1 N–H and O–H groups in total. The number of hydrogen-bond acceptors (Lipinski definition) is 3. The SMILES string of the molecule is C[C@@]12COC(=O)C[C@@H]1CC[C@@H]1[C@@H]2CC[C@@]2(C)[C@H]1CC[C@@]2(C)O. The van der Waals surface area contributed by atoms with Crippen LogP contribution in [0, 0.1) is 34.5 Å². The van der Waals surface area contributed by atoms with Gasteiger partial charge in [0.05, 0.1) is 12.2 Å². The topological polar surface area (TPSA) is 46.5 Å². The van der Waals surface area contributed by atoms with Crippen molar-refractivity contribution in [2.45, 2.75) is 71.3 Å². The molecule has 22 heavy (non-hydrogen) atoms. The highest BCUT2D eigenvalue weighted by atomic mass is 16.5. The number of carbonyl (C=O) groups is 1. The van der Waals surface area contributed by atoms with Gasteiger partial charge in [-0.3, -0.25) is 4.79 Å². The average molecular weight is 306 g/mol. The van der Waals surface area contributed by atoms with Crippen LogP contribution in [0.5, 0.6) is 0 Å². The lowest BCUT2D eigenvalue weighted by atomic mass is 9.46. The molecule has 1 saturated heterocycles. The standard InChI is InChI=1S/C19H30O3/c1-17-11-22-16(20)10-12(17)4-5-13-14(17)6-8-18(2)15(13)7-9-19(18,3)21/h12-15,21H,4-11H2,1-3H3/t12-,13+,14-,15-,17+,18-,19+/m0/s1. The molecule has 0 bridgehead atoms. The molecule has 0 aromatic carbocycles. The summed E-state index contributed by atoms with van der Waals surface area (Å²) in [6, 6.07) is 0. The van der Waals surface area contributed by atoms with E-state index in [2.05, 4.69) is 20.8 Å². The lowest BCUT2D eigenvalue weighted by Crippen LogP contribution is -2.57. The molecule has 0 aromatic heterocycles. The van der Waals surface area contributed by atoms with Crippen molar-refractivity contribution in [3.63, 3.8) is 0 Å². The Bertz CT molecular complexity index is 499. The third kappa shape index (κ3) is 1.75. The van der Waals surface area contributed by atoms with Gasteiger partial charge in [0, 0.05) is 11.8 Å². The van der Waals surface area contributed by atoms with E-state index in [1.807, 2.05) is 0 Å². The largest absolute Gasteiger partial charge is 0.465 e. The number of rotatable bonds is 0. The molecule has 3 nitrogen and oxygen atoms in total. The van der Waals surface area contributed by atoms with E-state index in [4.69, 9.17) is 4.74 Å². The van der Waals surface area contributed by atoms with Crippen LogP contribution in [0.25, 0.3) is 0 Å². The fourth-order valence-electron chi connectivity index (χ4n) is 6.83. The van der Waals surface area contributed by atoms with Crippen molar-refractivity contribution in [3.8, 4) is 0 Å². The molecule has 1 aliphatic heterocycles. The Hall–Kier alpha value is -0.570. The van der Waals surface area contributed by atoms with Crippen molar-refractivity contribution in [1.29, 1.82) is 0 Å². The summed E-state index contributed by atoms with van der Waals surface area (Å²) in [6.45, 7) is 7.38. The normalized spacial score (nSPS) is 57.5. The molecule has 0 aromatic rings. The van der Waals surface area contributed by atoms with Gasteiger partial charge in [-0.05, 0) is 74.5 Å². The summed E-state index contributed by atoms with van der Waals surface area (Å²) in [7, 11) is 0. The van der Waals surface area contributed by atoms with Crippen molar-refractivity contribution in [3.05, 3.63) is 0 Å². The summed E-state index contributed by atoms with van der Waals surface area (Å²) in [5.74, 6) is 2.56. The maximum absolute atomic E-state index is 11.7. The summed E-state index contributed by atoms with van der Waals surface area (Å²) in [6.07, 6.45) is 7.48. The fourth-order valence-corrected chi connectivity index (χ4v) is 6.83. The van der Waals surface area contributed by atoms with E-state index in [-0.39, 0.29) is 16.8 Å². The van der Waals surface area contributed by atoms with Crippen molar-refractivity contribution in [1.82, 2.24) is 0 Å². The molecule has 4 rings (SSSR count). The number of fused-ring (bicyclic) bond motifs is 5. The monoisotopic (exact) mass is 306 g/mol. The average Bonchev–Trinajstić information content (AvgIpc) is 2.70. The third-order valence-corrected chi connectivity index (χ3v) is 8.58. The Kier molecular flexibility index (Phi) is 3.06. The smallest absolute Gasteiger partial charge is 0.306 e. The molecule has 0 unspecified atom stereocenters. The van der Waals surface area contributed by atoms with Gasteiger partial charge in [-0.1, -0.05) is 13.8 Å².